The number of ether oxygens (including phenoxy) is 2. The molecule has 0 spiro atoms. The summed E-state index contributed by atoms with van der Waals surface area (Å²) < 4.78 is 16.1. The van der Waals surface area contributed by atoms with Crippen molar-refractivity contribution < 1.29 is 23.5 Å². The number of carbonyl (C=O) groups is 2. The molecule has 0 bridgehead atoms. The number of hydrogen-bond acceptors (Lipinski definition) is 7. The lowest BCUT2D eigenvalue weighted by molar-refractivity contribution is 0.0602. The fourth-order valence-electron chi connectivity index (χ4n) is 3.08. The zero-order valence-electron chi connectivity index (χ0n) is 16.5. The Kier molecular flexibility index (Phi) is 5.55. The third-order valence-corrected chi connectivity index (χ3v) is 4.84. The summed E-state index contributed by atoms with van der Waals surface area (Å²) in [4.78, 5) is 33.3. The van der Waals surface area contributed by atoms with Crippen molar-refractivity contribution in [1.82, 2.24) is 9.97 Å². The van der Waals surface area contributed by atoms with Crippen LogP contribution in [0.15, 0.2) is 59.1 Å². The van der Waals surface area contributed by atoms with Gasteiger partial charge in [-0.15, -0.1) is 0 Å². The second kappa shape index (κ2) is 8.45. The molecule has 0 aliphatic carbocycles. The number of aromatic nitrogens is 2. The number of halogens is 1. The molecule has 0 aliphatic rings. The quantitative estimate of drug-likeness (QED) is 0.359. The highest BCUT2D eigenvalue weighted by atomic mass is 35.5. The first-order valence-electron chi connectivity index (χ1n) is 9.10. The van der Waals surface area contributed by atoms with Crippen LogP contribution in [0.4, 0.5) is 5.69 Å². The van der Waals surface area contributed by atoms with Crippen LogP contribution in [0.25, 0.3) is 22.6 Å². The summed E-state index contributed by atoms with van der Waals surface area (Å²) in [7, 11) is 2.77. The minimum Gasteiger partial charge on any atom is -0.495 e. The van der Waals surface area contributed by atoms with E-state index in [0.717, 1.165) is 0 Å². The summed E-state index contributed by atoms with van der Waals surface area (Å²) in [5.74, 6) is -0.426. The van der Waals surface area contributed by atoms with E-state index in [0.29, 0.717) is 28.1 Å². The third kappa shape index (κ3) is 3.80. The molecule has 9 heteroatoms. The lowest BCUT2D eigenvalue weighted by atomic mass is 10.1. The van der Waals surface area contributed by atoms with Crippen molar-refractivity contribution in [3.8, 4) is 17.2 Å². The van der Waals surface area contributed by atoms with E-state index in [1.807, 2.05) is 0 Å². The van der Waals surface area contributed by atoms with E-state index < -0.39 is 11.9 Å². The Morgan fingerprint density at radius 1 is 1.03 bits per heavy atom. The zero-order valence-corrected chi connectivity index (χ0v) is 17.3. The first kappa shape index (κ1) is 20.4. The normalized spacial score (nSPS) is 10.7. The number of rotatable bonds is 5. The molecule has 1 N–H and O–H groups in total. The molecular formula is C22H16ClN3O5. The molecule has 0 saturated heterocycles. The molecule has 2 heterocycles. The molecule has 0 saturated carbocycles. The number of para-hydroxylation sites is 2. The molecule has 1 amide bonds. The summed E-state index contributed by atoms with van der Waals surface area (Å²) in [6.45, 7) is 0. The molecule has 0 fully saturated rings. The van der Waals surface area contributed by atoms with E-state index >= 15 is 0 Å². The van der Waals surface area contributed by atoms with Crippen LogP contribution in [0.3, 0.4) is 0 Å². The van der Waals surface area contributed by atoms with Gasteiger partial charge in [0.25, 0.3) is 5.91 Å². The average Bonchev–Trinajstić information content (AvgIpc) is 3.23. The minimum atomic E-state index is -0.532. The second-order valence-electron chi connectivity index (χ2n) is 6.34. The smallest absolute Gasteiger partial charge is 0.340 e. The van der Waals surface area contributed by atoms with Gasteiger partial charge in [0.05, 0.1) is 36.6 Å². The van der Waals surface area contributed by atoms with Crippen molar-refractivity contribution in [2.75, 3.05) is 19.5 Å². The van der Waals surface area contributed by atoms with Crippen LogP contribution in [0.1, 0.15) is 20.7 Å². The number of carbonyl (C=O) groups excluding carboxylic acids is 2. The van der Waals surface area contributed by atoms with E-state index in [1.54, 1.807) is 48.5 Å². The van der Waals surface area contributed by atoms with Crippen molar-refractivity contribution in [3.63, 3.8) is 0 Å². The van der Waals surface area contributed by atoms with Gasteiger partial charge in [0.15, 0.2) is 5.58 Å². The molecule has 4 aromatic rings. The monoisotopic (exact) mass is 437 g/mol. The average molecular weight is 438 g/mol. The van der Waals surface area contributed by atoms with E-state index in [-0.39, 0.29) is 22.2 Å². The molecule has 2 aromatic heterocycles. The number of nitrogens with zero attached hydrogens (tertiary/aromatic N) is 2. The van der Waals surface area contributed by atoms with Crippen molar-refractivity contribution >= 4 is 40.3 Å². The molecule has 0 unspecified atom stereocenters. The molecule has 2 aromatic carbocycles. The van der Waals surface area contributed by atoms with Crippen LogP contribution >= 0.6 is 11.6 Å². The zero-order chi connectivity index (χ0) is 22.0. The van der Waals surface area contributed by atoms with E-state index in [1.165, 1.54) is 20.4 Å². The van der Waals surface area contributed by atoms with Gasteiger partial charge in [-0.25, -0.2) is 14.8 Å². The highest BCUT2D eigenvalue weighted by Crippen LogP contribution is 2.37. The Morgan fingerprint density at radius 3 is 2.55 bits per heavy atom. The van der Waals surface area contributed by atoms with Gasteiger partial charge in [-0.1, -0.05) is 23.7 Å². The van der Waals surface area contributed by atoms with E-state index in [2.05, 4.69) is 15.3 Å². The molecule has 31 heavy (non-hydrogen) atoms. The Bertz CT molecular complexity index is 1300. The first-order chi connectivity index (χ1) is 15.0. The van der Waals surface area contributed by atoms with E-state index in [4.69, 9.17) is 25.5 Å². The Balaban J connectivity index is 1.82. The lowest BCUT2D eigenvalue weighted by Crippen LogP contribution is -2.14. The number of hydrogen-bond donors (Lipinski definition) is 1. The van der Waals surface area contributed by atoms with Crippen LogP contribution in [0.2, 0.25) is 5.15 Å². The van der Waals surface area contributed by atoms with Gasteiger partial charge in [0, 0.05) is 6.20 Å². The first-order valence-corrected chi connectivity index (χ1v) is 9.48. The number of amides is 1. The van der Waals surface area contributed by atoms with E-state index in [9.17, 15) is 9.59 Å². The SMILES string of the molecule is COC(=O)c1cccc2oc(-c3cccc(OC)c3NC(=O)c3cccnc3Cl)nc12. The molecule has 0 aliphatic heterocycles. The van der Waals surface area contributed by atoms with Crippen LogP contribution in [0.5, 0.6) is 5.75 Å². The van der Waals surface area contributed by atoms with Gasteiger partial charge in [-0.2, -0.15) is 0 Å². The highest BCUT2D eigenvalue weighted by molar-refractivity contribution is 6.33. The van der Waals surface area contributed by atoms with Gasteiger partial charge >= 0.3 is 5.97 Å². The molecular weight excluding hydrogens is 422 g/mol. The summed E-state index contributed by atoms with van der Waals surface area (Å²) >= 11 is 6.05. The fourth-order valence-corrected chi connectivity index (χ4v) is 3.29. The van der Waals surface area contributed by atoms with Crippen LogP contribution in [-0.4, -0.2) is 36.1 Å². The lowest BCUT2D eigenvalue weighted by Gasteiger charge is -2.13. The number of benzene rings is 2. The Labute approximate surface area is 181 Å². The summed E-state index contributed by atoms with van der Waals surface area (Å²) in [5.41, 5.74) is 2.01. The van der Waals surface area contributed by atoms with Crippen molar-refractivity contribution in [1.29, 1.82) is 0 Å². The maximum Gasteiger partial charge on any atom is 0.340 e. The molecule has 0 radical (unpaired) electrons. The number of oxazole rings is 1. The standard InChI is InChI=1S/C22H16ClN3O5/c1-29-15-9-3-6-12(17(15)25-20(27)14-8-5-11-24-19(14)23)21-26-18-13(22(28)30-2)7-4-10-16(18)31-21/h3-11H,1-2H3,(H,25,27). The van der Waals surface area contributed by atoms with Crippen LogP contribution in [-0.2, 0) is 4.74 Å². The van der Waals surface area contributed by atoms with Crippen LogP contribution < -0.4 is 10.1 Å². The molecule has 156 valence electrons. The maximum absolute atomic E-state index is 12.8. The second-order valence-corrected chi connectivity index (χ2v) is 6.70. The number of esters is 1. The number of methoxy groups -OCH3 is 2. The summed E-state index contributed by atoms with van der Waals surface area (Å²) in [6.07, 6.45) is 1.49. The largest absolute Gasteiger partial charge is 0.495 e. The maximum atomic E-state index is 12.8. The van der Waals surface area contributed by atoms with Crippen molar-refractivity contribution in [2.45, 2.75) is 0 Å². The van der Waals surface area contributed by atoms with Crippen LogP contribution in [0, 0.1) is 0 Å². The van der Waals surface area contributed by atoms with Gasteiger partial charge in [0.1, 0.15) is 16.4 Å². The van der Waals surface area contributed by atoms with Gasteiger partial charge in [0.2, 0.25) is 5.89 Å². The summed E-state index contributed by atoms with van der Waals surface area (Å²) in [5, 5.41) is 2.87. The molecule has 0 atom stereocenters. The molecule has 4 rings (SSSR count). The number of pyridine rings is 1. The Hall–Kier alpha value is -3.91. The minimum absolute atomic E-state index is 0.0704. The number of fused-ring (bicyclic) bond motifs is 1. The van der Waals surface area contributed by atoms with Crippen molar-refractivity contribution in [3.05, 3.63) is 71.0 Å². The van der Waals surface area contributed by atoms with Crippen molar-refractivity contribution in [2.24, 2.45) is 0 Å². The molecule has 8 nitrogen and oxygen atoms in total. The van der Waals surface area contributed by atoms with Gasteiger partial charge in [-0.3, -0.25) is 4.79 Å². The number of nitrogens with one attached hydrogen (secondary N) is 1. The van der Waals surface area contributed by atoms with Gasteiger partial charge < -0.3 is 19.2 Å². The fraction of sp³-hybridized carbons (Fsp3) is 0.0909. The Morgan fingerprint density at radius 2 is 1.81 bits per heavy atom. The van der Waals surface area contributed by atoms with Gasteiger partial charge in [-0.05, 0) is 36.4 Å². The predicted octanol–water partition coefficient (Wildman–Crippen LogP) is 4.59. The summed E-state index contributed by atoms with van der Waals surface area (Å²) in [6, 6.07) is 13.3. The third-order valence-electron chi connectivity index (χ3n) is 4.54. The highest BCUT2D eigenvalue weighted by Gasteiger charge is 2.22. The predicted molar refractivity (Wildman–Crippen MR) is 115 cm³/mol. The number of anilines is 1. The topological polar surface area (TPSA) is 104 Å².